The van der Waals surface area contributed by atoms with Crippen LogP contribution in [-0.2, 0) is 4.79 Å². The van der Waals surface area contributed by atoms with Gasteiger partial charge in [-0.15, -0.1) is 0 Å². The minimum atomic E-state index is -0.582. The van der Waals surface area contributed by atoms with Crippen molar-refractivity contribution in [2.45, 2.75) is 19.8 Å². The van der Waals surface area contributed by atoms with E-state index in [0.717, 1.165) is 0 Å². The van der Waals surface area contributed by atoms with Crippen LogP contribution >= 0.6 is 23.2 Å². The first-order chi connectivity index (χ1) is 8.02. The Morgan fingerprint density at radius 2 is 1.94 bits per heavy atom. The number of carbonyl (C=O) groups excluding carboxylic acids is 2. The lowest BCUT2D eigenvalue weighted by molar-refractivity contribution is -0.119. The Kier molecular flexibility index (Phi) is 5.25. The molecule has 1 rings (SSSR count). The van der Waals surface area contributed by atoms with Crippen LogP contribution in [0.1, 0.15) is 19.8 Å². The Balaban J connectivity index is 2.56. The number of rotatable bonds is 3. The third-order valence-corrected chi connectivity index (χ3v) is 2.65. The number of imide groups is 1. The molecule has 0 bridgehead atoms. The first kappa shape index (κ1) is 13.8. The summed E-state index contributed by atoms with van der Waals surface area (Å²) >= 11 is 11.5. The van der Waals surface area contributed by atoms with Crippen molar-refractivity contribution in [3.05, 3.63) is 28.2 Å². The average Bonchev–Trinajstić information content (AvgIpc) is 2.23. The van der Waals surface area contributed by atoms with E-state index in [1.165, 1.54) is 6.07 Å². The summed E-state index contributed by atoms with van der Waals surface area (Å²) in [4.78, 5) is 22.5. The number of halogens is 2. The topological polar surface area (TPSA) is 58.2 Å². The molecule has 0 aromatic heterocycles. The van der Waals surface area contributed by atoms with Gasteiger partial charge in [0, 0.05) is 12.1 Å². The molecule has 0 heterocycles. The predicted molar refractivity (Wildman–Crippen MR) is 68.5 cm³/mol. The van der Waals surface area contributed by atoms with Gasteiger partial charge in [-0.3, -0.25) is 10.1 Å². The van der Waals surface area contributed by atoms with Gasteiger partial charge >= 0.3 is 6.03 Å². The quantitative estimate of drug-likeness (QED) is 0.887. The minimum absolute atomic E-state index is 0.314. The van der Waals surface area contributed by atoms with Gasteiger partial charge in [0.2, 0.25) is 5.91 Å². The van der Waals surface area contributed by atoms with Gasteiger partial charge in [0.15, 0.2) is 0 Å². The lowest BCUT2D eigenvalue weighted by Gasteiger charge is -2.07. The van der Waals surface area contributed by atoms with Crippen molar-refractivity contribution in [3.63, 3.8) is 0 Å². The summed E-state index contributed by atoms with van der Waals surface area (Å²) < 4.78 is 0. The summed E-state index contributed by atoms with van der Waals surface area (Å²) in [7, 11) is 0. The van der Waals surface area contributed by atoms with E-state index in [2.05, 4.69) is 10.6 Å². The highest BCUT2D eigenvalue weighted by Crippen LogP contribution is 2.24. The second kappa shape index (κ2) is 6.47. The van der Waals surface area contributed by atoms with Gasteiger partial charge in [0.1, 0.15) is 0 Å². The van der Waals surface area contributed by atoms with E-state index in [-0.39, 0.29) is 5.91 Å². The number of amides is 3. The van der Waals surface area contributed by atoms with Gasteiger partial charge < -0.3 is 5.32 Å². The van der Waals surface area contributed by atoms with Crippen LogP contribution in [0.25, 0.3) is 0 Å². The molecular weight excluding hydrogens is 263 g/mol. The van der Waals surface area contributed by atoms with Crippen molar-refractivity contribution in [2.24, 2.45) is 0 Å². The summed E-state index contributed by atoms with van der Waals surface area (Å²) in [5, 5.41) is 5.42. The molecule has 6 heteroatoms. The Morgan fingerprint density at radius 1 is 1.24 bits per heavy atom. The predicted octanol–water partition coefficient (Wildman–Crippen LogP) is 3.44. The molecule has 0 spiro atoms. The van der Waals surface area contributed by atoms with Crippen molar-refractivity contribution in [3.8, 4) is 0 Å². The summed E-state index contributed by atoms with van der Waals surface area (Å²) in [6.45, 7) is 1.86. The standard InChI is InChI=1S/C11H12Cl2N2O2/c1-2-3-10(16)15-11(17)14-7-4-5-8(12)9(13)6-7/h4-6H,2-3H2,1H3,(H2,14,15,16,17). The van der Waals surface area contributed by atoms with E-state index in [0.29, 0.717) is 28.6 Å². The first-order valence-electron chi connectivity index (χ1n) is 5.08. The summed E-state index contributed by atoms with van der Waals surface area (Å²) in [5.41, 5.74) is 0.473. The van der Waals surface area contributed by atoms with E-state index >= 15 is 0 Å². The van der Waals surface area contributed by atoms with Crippen LogP contribution in [0.4, 0.5) is 10.5 Å². The molecule has 2 N–H and O–H groups in total. The van der Waals surface area contributed by atoms with Gasteiger partial charge in [0.25, 0.3) is 0 Å². The fourth-order valence-electron chi connectivity index (χ4n) is 1.15. The van der Waals surface area contributed by atoms with E-state index < -0.39 is 6.03 Å². The Bertz CT molecular complexity index is 435. The highest BCUT2D eigenvalue weighted by atomic mass is 35.5. The van der Waals surface area contributed by atoms with Crippen LogP contribution in [0.5, 0.6) is 0 Å². The molecule has 1 aromatic carbocycles. The average molecular weight is 275 g/mol. The van der Waals surface area contributed by atoms with Crippen molar-refractivity contribution >= 4 is 40.8 Å². The van der Waals surface area contributed by atoms with Crippen LogP contribution in [0.2, 0.25) is 10.0 Å². The summed E-state index contributed by atoms with van der Waals surface area (Å²) in [6.07, 6.45) is 1.00. The number of anilines is 1. The van der Waals surface area contributed by atoms with Crippen molar-refractivity contribution in [1.29, 1.82) is 0 Å². The Morgan fingerprint density at radius 3 is 2.53 bits per heavy atom. The van der Waals surface area contributed by atoms with Crippen molar-refractivity contribution in [1.82, 2.24) is 5.32 Å². The number of nitrogens with one attached hydrogen (secondary N) is 2. The van der Waals surface area contributed by atoms with E-state index in [4.69, 9.17) is 23.2 Å². The Labute approximate surface area is 109 Å². The summed E-state index contributed by atoms with van der Waals surface area (Å²) in [6, 6.07) is 4.08. The Hall–Kier alpha value is -1.26. The second-order valence-corrected chi connectivity index (χ2v) is 4.20. The molecular formula is C11H12Cl2N2O2. The molecule has 0 aliphatic rings. The van der Waals surface area contributed by atoms with E-state index in [1.54, 1.807) is 12.1 Å². The molecule has 4 nitrogen and oxygen atoms in total. The van der Waals surface area contributed by atoms with Gasteiger partial charge in [-0.05, 0) is 24.6 Å². The number of benzene rings is 1. The molecule has 0 radical (unpaired) electrons. The highest BCUT2D eigenvalue weighted by Gasteiger charge is 2.07. The fourth-order valence-corrected chi connectivity index (χ4v) is 1.45. The van der Waals surface area contributed by atoms with Crippen LogP contribution in [0.3, 0.4) is 0 Å². The van der Waals surface area contributed by atoms with E-state index in [9.17, 15) is 9.59 Å². The maximum absolute atomic E-state index is 11.4. The molecule has 1 aromatic rings. The smallest absolute Gasteiger partial charge is 0.308 e. The van der Waals surface area contributed by atoms with Crippen molar-refractivity contribution in [2.75, 3.05) is 5.32 Å². The molecule has 17 heavy (non-hydrogen) atoms. The highest BCUT2D eigenvalue weighted by molar-refractivity contribution is 6.42. The third-order valence-electron chi connectivity index (χ3n) is 1.91. The zero-order valence-electron chi connectivity index (χ0n) is 9.22. The van der Waals surface area contributed by atoms with E-state index in [1.807, 2.05) is 6.92 Å². The van der Waals surface area contributed by atoms with Crippen molar-refractivity contribution < 1.29 is 9.59 Å². The normalized spacial score (nSPS) is 9.82. The molecule has 0 saturated carbocycles. The molecule has 92 valence electrons. The number of carbonyl (C=O) groups is 2. The molecule has 0 saturated heterocycles. The van der Waals surface area contributed by atoms with Gasteiger partial charge in [-0.2, -0.15) is 0 Å². The zero-order chi connectivity index (χ0) is 12.8. The molecule has 0 aliphatic carbocycles. The zero-order valence-corrected chi connectivity index (χ0v) is 10.7. The summed E-state index contributed by atoms with van der Waals surface area (Å²) in [5.74, 6) is -0.315. The molecule has 0 aliphatic heterocycles. The van der Waals surface area contributed by atoms with Crippen LogP contribution in [0.15, 0.2) is 18.2 Å². The lowest BCUT2D eigenvalue weighted by Crippen LogP contribution is -2.34. The van der Waals surface area contributed by atoms with Crippen LogP contribution in [-0.4, -0.2) is 11.9 Å². The number of hydrogen-bond acceptors (Lipinski definition) is 2. The molecule has 3 amide bonds. The van der Waals surface area contributed by atoms with Gasteiger partial charge in [0.05, 0.1) is 10.0 Å². The maximum atomic E-state index is 11.4. The van der Waals surface area contributed by atoms with Gasteiger partial charge in [-0.25, -0.2) is 4.79 Å². The first-order valence-corrected chi connectivity index (χ1v) is 5.84. The monoisotopic (exact) mass is 274 g/mol. The number of hydrogen-bond donors (Lipinski definition) is 2. The number of urea groups is 1. The molecule has 0 unspecified atom stereocenters. The van der Waals surface area contributed by atoms with Crippen LogP contribution < -0.4 is 10.6 Å². The van der Waals surface area contributed by atoms with Crippen LogP contribution in [0, 0.1) is 0 Å². The largest absolute Gasteiger partial charge is 0.325 e. The fraction of sp³-hybridized carbons (Fsp3) is 0.273. The minimum Gasteiger partial charge on any atom is -0.308 e. The SMILES string of the molecule is CCCC(=O)NC(=O)Nc1ccc(Cl)c(Cl)c1. The molecule has 0 fully saturated rings. The van der Waals surface area contributed by atoms with Gasteiger partial charge in [-0.1, -0.05) is 30.1 Å². The maximum Gasteiger partial charge on any atom is 0.325 e. The third kappa shape index (κ3) is 4.63. The second-order valence-electron chi connectivity index (χ2n) is 3.38. The lowest BCUT2D eigenvalue weighted by atomic mass is 10.3. The molecule has 0 atom stereocenters.